The average Bonchev–Trinajstić information content (AvgIpc) is 3.28. The second kappa shape index (κ2) is 8.03. The number of likely N-dealkylation sites (tertiary alicyclic amines) is 1. The van der Waals surface area contributed by atoms with Crippen molar-refractivity contribution in [1.29, 1.82) is 0 Å². The van der Waals surface area contributed by atoms with Crippen LogP contribution in [0.1, 0.15) is 39.8 Å². The van der Waals surface area contributed by atoms with Crippen molar-refractivity contribution in [3.8, 4) is 0 Å². The Hall–Kier alpha value is -3.16. The molecule has 8 heteroatoms. The van der Waals surface area contributed by atoms with Crippen LogP contribution < -0.4 is 10.6 Å². The van der Waals surface area contributed by atoms with Gasteiger partial charge in [-0.3, -0.25) is 19.4 Å². The zero-order valence-corrected chi connectivity index (χ0v) is 15.3. The Morgan fingerprint density at radius 1 is 1.33 bits per heavy atom. The van der Waals surface area contributed by atoms with Crippen LogP contribution in [0.15, 0.2) is 41.3 Å². The summed E-state index contributed by atoms with van der Waals surface area (Å²) in [5.41, 5.74) is 0.853. The van der Waals surface area contributed by atoms with E-state index in [0.29, 0.717) is 29.9 Å². The average molecular weight is 370 g/mol. The maximum Gasteiger partial charge on any atom is 0.256 e. The number of hydrogen-bond donors (Lipinski definition) is 2. The molecule has 3 rings (SSSR count). The SMILES string of the molecule is CCNC(=O)[C@@H]1C[C@H](NC(=O)c2ccoc2C)CN1C(=O)c1cccnc1. The van der Waals surface area contributed by atoms with Gasteiger partial charge in [0.2, 0.25) is 5.91 Å². The number of aromatic nitrogens is 1. The minimum atomic E-state index is -0.645. The van der Waals surface area contributed by atoms with Gasteiger partial charge in [0.25, 0.3) is 11.8 Å². The third-order valence-corrected chi connectivity index (χ3v) is 4.56. The predicted octanol–water partition coefficient (Wildman–Crippen LogP) is 1.13. The lowest BCUT2D eigenvalue weighted by Crippen LogP contribution is -2.46. The first-order valence-corrected chi connectivity index (χ1v) is 8.85. The van der Waals surface area contributed by atoms with E-state index in [9.17, 15) is 14.4 Å². The number of rotatable bonds is 5. The fourth-order valence-corrected chi connectivity index (χ4v) is 3.24. The number of carbonyl (C=O) groups excluding carboxylic acids is 3. The maximum atomic E-state index is 12.9. The van der Waals surface area contributed by atoms with Crippen molar-refractivity contribution in [2.24, 2.45) is 0 Å². The van der Waals surface area contributed by atoms with Gasteiger partial charge in [-0.25, -0.2) is 0 Å². The Kier molecular flexibility index (Phi) is 5.54. The standard InChI is InChI=1S/C19H22N4O4/c1-3-21-18(25)16-9-14(22-17(24)15-6-8-27-12(15)2)11-23(16)19(26)13-5-4-7-20-10-13/h4-8,10,14,16H,3,9,11H2,1-2H3,(H,21,25)(H,22,24)/t14-,16-/m0/s1. The second-order valence-corrected chi connectivity index (χ2v) is 6.41. The van der Waals surface area contributed by atoms with Crippen LogP contribution in [0.25, 0.3) is 0 Å². The summed E-state index contributed by atoms with van der Waals surface area (Å²) in [6.07, 6.45) is 4.85. The number of hydrogen-bond acceptors (Lipinski definition) is 5. The van der Waals surface area contributed by atoms with Gasteiger partial charge in [-0.1, -0.05) is 0 Å². The quantitative estimate of drug-likeness (QED) is 0.821. The highest BCUT2D eigenvalue weighted by atomic mass is 16.3. The highest BCUT2D eigenvalue weighted by Gasteiger charge is 2.40. The molecule has 1 fully saturated rings. The molecule has 1 saturated heterocycles. The minimum Gasteiger partial charge on any atom is -0.469 e. The van der Waals surface area contributed by atoms with Crippen LogP contribution in [-0.4, -0.2) is 52.8 Å². The van der Waals surface area contributed by atoms with Crippen molar-refractivity contribution in [3.05, 3.63) is 53.7 Å². The van der Waals surface area contributed by atoms with Crippen LogP contribution in [0.4, 0.5) is 0 Å². The Morgan fingerprint density at radius 2 is 2.15 bits per heavy atom. The largest absolute Gasteiger partial charge is 0.469 e. The van der Waals surface area contributed by atoms with Crippen LogP contribution in [-0.2, 0) is 4.79 Å². The van der Waals surface area contributed by atoms with Gasteiger partial charge in [0.15, 0.2) is 0 Å². The van der Waals surface area contributed by atoms with Gasteiger partial charge in [0.1, 0.15) is 11.8 Å². The molecule has 2 atom stereocenters. The summed E-state index contributed by atoms with van der Waals surface area (Å²) in [7, 11) is 0. The van der Waals surface area contributed by atoms with Gasteiger partial charge >= 0.3 is 0 Å². The molecule has 3 amide bonds. The molecule has 142 valence electrons. The van der Waals surface area contributed by atoms with Crippen LogP contribution in [0, 0.1) is 6.92 Å². The number of aryl methyl sites for hydroxylation is 1. The third kappa shape index (κ3) is 3.99. The third-order valence-electron chi connectivity index (χ3n) is 4.56. The zero-order chi connectivity index (χ0) is 19.4. The summed E-state index contributed by atoms with van der Waals surface area (Å²) >= 11 is 0. The summed E-state index contributed by atoms with van der Waals surface area (Å²) in [6, 6.07) is 3.95. The first-order chi connectivity index (χ1) is 13.0. The highest BCUT2D eigenvalue weighted by Crippen LogP contribution is 2.22. The van der Waals surface area contributed by atoms with E-state index in [4.69, 9.17) is 4.42 Å². The van der Waals surface area contributed by atoms with Gasteiger partial charge in [-0.05, 0) is 38.5 Å². The molecule has 1 aliphatic heterocycles. The molecule has 0 unspecified atom stereocenters. The van der Waals surface area contributed by atoms with E-state index in [1.807, 2.05) is 6.92 Å². The predicted molar refractivity (Wildman–Crippen MR) is 97.1 cm³/mol. The van der Waals surface area contributed by atoms with Crippen LogP contribution >= 0.6 is 0 Å². The van der Waals surface area contributed by atoms with E-state index in [2.05, 4.69) is 15.6 Å². The summed E-state index contributed by atoms with van der Waals surface area (Å²) in [4.78, 5) is 43.2. The summed E-state index contributed by atoms with van der Waals surface area (Å²) in [5, 5.41) is 5.66. The van der Waals surface area contributed by atoms with Crippen molar-refractivity contribution in [3.63, 3.8) is 0 Å². The molecule has 2 aromatic heterocycles. The van der Waals surface area contributed by atoms with E-state index in [1.54, 1.807) is 31.3 Å². The van der Waals surface area contributed by atoms with Gasteiger partial charge in [-0.15, -0.1) is 0 Å². The molecule has 0 bridgehead atoms. The number of nitrogens with one attached hydrogen (secondary N) is 2. The summed E-state index contributed by atoms with van der Waals surface area (Å²) in [6.45, 7) is 4.24. The molecule has 8 nitrogen and oxygen atoms in total. The normalized spacial score (nSPS) is 19.0. The second-order valence-electron chi connectivity index (χ2n) is 6.41. The van der Waals surface area contributed by atoms with E-state index in [-0.39, 0.29) is 30.3 Å². The lowest BCUT2D eigenvalue weighted by atomic mass is 10.1. The Morgan fingerprint density at radius 3 is 2.78 bits per heavy atom. The van der Waals surface area contributed by atoms with Crippen molar-refractivity contribution >= 4 is 17.7 Å². The van der Waals surface area contributed by atoms with Crippen LogP contribution in [0.2, 0.25) is 0 Å². The van der Waals surface area contributed by atoms with Gasteiger partial charge in [0.05, 0.1) is 17.4 Å². The highest BCUT2D eigenvalue weighted by molar-refractivity contribution is 5.98. The molecule has 3 heterocycles. The van der Waals surface area contributed by atoms with Crippen molar-refractivity contribution in [2.75, 3.05) is 13.1 Å². The minimum absolute atomic E-state index is 0.231. The van der Waals surface area contributed by atoms with Crippen LogP contribution in [0.3, 0.4) is 0 Å². The molecule has 0 spiro atoms. The fraction of sp³-hybridized carbons (Fsp3) is 0.368. The lowest BCUT2D eigenvalue weighted by molar-refractivity contribution is -0.124. The number of nitrogens with zero attached hydrogens (tertiary/aromatic N) is 2. The molecule has 0 aliphatic carbocycles. The number of furan rings is 1. The molecular formula is C19H22N4O4. The summed E-state index contributed by atoms with van der Waals surface area (Å²) in [5.74, 6) is -0.271. The molecule has 27 heavy (non-hydrogen) atoms. The Balaban J connectivity index is 1.77. The van der Waals surface area contributed by atoms with E-state index in [0.717, 1.165) is 0 Å². The first kappa shape index (κ1) is 18.6. The van der Waals surface area contributed by atoms with Crippen molar-refractivity contribution in [2.45, 2.75) is 32.4 Å². The molecular weight excluding hydrogens is 348 g/mol. The fourth-order valence-electron chi connectivity index (χ4n) is 3.24. The molecule has 0 aromatic carbocycles. The molecule has 0 radical (unpaired) electrons. The van der Waals surface area contributed by atoms with Gasteiger partial charge in [0, 0.05) is 31.5 Å². The first-order valence-electron chi connectivity index (χ1n) is 8.85. The molecule has 1 aliphatic rings. The number of carbonyl (C=O) groups is 3. The molecule has 2 N–H and O–H groups in total. The number of pyridine rings is 1. The van der Waals surface area contributed by atoms with Crippen molar-refractivity contribution < 1.29 is 18.8 Å². The number of amides is 3. The maximum absolute atomic E-state index is 12.9. The Labute approximate surface area is 156 Å². The van der Waals surface area contributed by atoms with Gasteiger partial charge < -0.3 is 20.0 Å². The van der Waals surface area contributed by atoms with E-state index < -0.39 is 6.04 Å². The Bertz CT molecular complexity index is 833. The molecule has 2 aromatic rings. The number of likely N-dealkylation sites (N-methyl/N-ethyl adjacent to an activating group) is 1. The summed E-state index contributed by atoms with van der Waals surface area (Å²) < 4.78 is 5.16. The lowest BCUT2D eigenvalue weighted by Gasteiger charge is -2.23. The topological polar surface area (TPSA) is 105 Å². The zero-order valence-electron chi connectivity index (χ0n) is 15.3. The van der Waals surface area contributed by atoms with E-state index in [1.165, 1.54) is 17.4 Å². The monoisotopic (exact) mass is 370 g/mol. The smallest absolute Gasteiger partial charge is 0.256 e. The van der Waals surface area contributed by atoms with Gasteiger partial charge in [-0.2, -0.15) is 0 Å². The molecule has 0 saturated carbocycles. The van der Waals surface area contributed by atoms with Crippen molar-refractivity contribution in [1.82, 2.24) is 20.5 Å². The van der Waals surface area contributed by atoms with Crippen LogP contribution in [0.5, 0.6) is 0 Å². The van der Waals surface area contributed by atoms with E-state index >= 15 is 0 Å².